The van der Waals surface area contributed by atoms with Gasteiger partial charge in [0.15, 0.2) is 18.2 Å². The maximum Gasteiger partial charge on any atom is 0.232 e. The van der Waals surface area contributed by atoms with Gasteiger partial charge in [-0.15, -0.1) is 0 Å². The number of halogens is 1. The number of hydrogen-bond donors (Lipinski definition) is 0. The summed E-state index contributed by atoms with van der Waals surface area (Å²) in [7, 11) is -4.33. The molecule has 0 fully saturated rings. The van der Waals surface area contributed by atoms with E-state index in [2.05, 4.69) is 4.98 Å². The summed E-state index contributed by atoms with van der Waals surface area (Å²) in [5, 5.41) is 5.23. The molecular formula is C19H25ClN2O4S3. The molecule has 10 heteroatoms. The Morgan fingerprint density at radius 1 is 1.14 bits per heavy atom. The lowest BCUT2D eigenvalue weighted by molar-refractivity contribution is -0.679. The van der Waals surface area contributed by atoms with Crippen molar-refractivity contribution >= 4 is 38.6 Å². The van der Waals surface area contributed by atoms with Crippen LogP contribution in [-0.4, -0.2) is 18.8 Å². The zero-order valence-electron chi connectivity index (χ0n) is 16.9. The van der Waals surface area contributed by atoms with Crippen LogP contribution in [0.3, 0.4) is 0 Å². The van der Waals surface area contributed by atoms with Crippen molar-refractivity contribution in [3.05, 3.63) is 62.5 Å². The molecule has 2 aromatic heterocycles. The largest absolute Gasteiger partial charge is 1.00 e. The van der Waals surface area contributed by atoms with Gasteiger partial charge >= 0.3 is 0 Å². The van der Waals surface area contributed by atoms with Crippen LogP contribution in [0.1, 0.15) is 28.6 Å². The van der Waals surface area contributed by atoms with Gasteiger partial charge in [-0.1, -0.05) is 40.4 Å². The van der Waals surface area contributed by atoms with Crippen molar-refractivity contribution in [1.82, 2.24) is 0 Å². The molecule has 0 radical (unpaired) electrons. The molecule has 160 valence electrons. The molecule has 0 bridgehead atoms. The lowest BCUT2D eigenvalue weighted by Gasteiger charge is -2.14. The van der Waals surface area contributed by atoms with E-state index in [0.717, 1.165) is 5.56 Å². The highest BCUT2D eigenvalue weighted by atomic mass is 35.5. The average molecular weight is 477 g/mol. The minimum atomic E-state index is -4.33. The van der Waals surface area contributed by atoms with Crippen molar-refractivity contribution < 1.29 is 39.7 Å². The standard InChI is InChI=1S/C9H12O3S.C6H8NOS.C4H5NS.ClH/c1-6-4-7(2)9(8(3)5-6)13(10,11)12;1-6(8)4-7-2-3-9-5-7;1-4-5-2-3-6-4;/h4-5H,1-3H3,(H,10,11,12);2-3,5H,4H2,1H3;2-3H,1H3;1H/q;+1;;/p-1. The number of thiazole rings is 2. The van der Waals surface area contributed by atoms with E-state index in [1.807, 2.05) is 47.1 Å². The summed E-state index contributed by atoms with van der Waals surface area (Å²) < 4.78 is 34.4. The highest BCUT2D eigenvalue weighted by Gasteiger charge is 2.09. The molecule has 0 saturated heterocycles. The third-order valence-corrected chi connectivity index (χ3v) is 5.95. The van der Waals surface area contributed by atoms with Crippen LogP contribution in [0.15, 0.2) is 45.7 Å². The maximum absolute atomic E-state index is 10.8. The van der Waals surface area contributed by atoms with Crippen LogP contribution >= 0.6 is 22.7 Å². The molecule has 1 aromatic carbocycles. The van der Waals surface area contributed by atoms with Gasteiger partial charge in [-0.3, -0.25) is 4.79 Å². The second kappa shape index (κ2) is 12.8. The highest BCUT2D eigenvalue weighted by Crippen LogP contribution is 2.20. The third kappa shape index (κ3) is 10.6. The molecule has 1 N–H and O–H groups in total. The first-order valence-electron chi connectivity index (χ1n) is 8.37. The van der Waals surface area contributed by atoms with Gasteiger partial charge < -0.3 is 17.0 Å². The summed E-state index contributed by atoms with van der Waals surface area (Å²) in [5.41, 5.74) is 3.92. The minimum absolute atomic E-state index is 0. The van der Waals surface area contributed by atoms with Crippen molar-refractivity contribution in [1.29, 1.82) is 0 Å². The number of aromatic amines is 1. The number of nitrogens with zero attached hydrogens (tertiary/aromatic N) is 1. The zero-order valence-corrected chi connectivity index (χ0v) is 20.1. The summed E-state index contributed by atoms with van der Waals surface area (Å²) in [4.78, 5) is 13.4. The highest BCUT2D eigenvalue weighted by molar-refractivity contribution is 7.85. The summed E-state index contributed by atoms with van der Waals surface area (Å²) >= 11 is 3.31. The predicted octanol–water partition coefficient (Wildman–Crippen LogP) is 0.0152. The normalized spacial score (nSPS) is 10.0. The molecule has 0 aliphatic rings. The topological polar surface area (TPSA) is 92.3 Å². The second-order valence-electron chi connectivity index (χ2n) is 6.20. The van der Waals surface area contributed by atoms with E-state index in [4.69, 9.17) is 0 Å². The zero-order chi connectivity index (χ0) is 21.3. The van der Waals surface area contributed by atoms with Crippen molar-refractivity contribution in [2.45, 2.75) is 46.1 Å². The molecule has 0 unspecified atom stereocenters. The number of benzene rings is 1. The Morgan fingerprint density at radius 3 is 2.03 bits per heavy atom. The predicted molar refractivity (Wildman–Crippen MR) is 109 cm³/mol. The second-order valence-corrected chi connectivity index (χ2v) is 9.40. The molecule has 6 nitrogen and oxygen atoms in total. The van der Waals surface area contributed by atoms with Gasteiger partial charge in [-0.05, 0) is 31.9 Å². The number of aryl methyl sites for hydroxylation is 4. The van der Waals surface area contributed by atoms with Crippen LogP contribution < -0.4 is 22.0 Å². The fraction of sp³-hybridized carbons (Fsp3) is 0.316. The Labute approximate surface area is 186 Å². The number of carbonyl (C=O) groups excluding carboxylic acids is 1. The fourth-order valence-corrected chi connectivity index (χ4v) is 4.47. The van der Waals surface area contributed by atoms with Crippen LogP contribution in [0.2, 0.25) is 0 Å². The Kier molecular flexibility index (Phi) is 12.1. The van der Waals surface area contributed by atoms with Crippen molar-refractivity contribution in [2.24, 2.45) is 0 Å². The van der Waals surface area contributed by atoms with Gasteiger partial charge in [-0.25, -0.2) is 13.4 Å². The Bertz CT molecular complexity index is 964. The summed E-state index contributed by atoms with van der Waals surface area (Å²) in [6, 6.07) is 3.38. The molecule has 29 heavy (non-hydrogen) atoms. The number of H-pyrrole nitrogens is 1. The van der Waals surface area contributed by atoms with E-state index in [0.29, 0.717) is 17.7 Å². The fourth-order valence-electron chi connectivity index (χ4n) is 2.49. The number of carbonyl (C=O) groups is 1. The number of aromatic nitrogens is 2. The first-order chi connectivity index (χ1) is 13.0. The molecule has 0 spiro atoms. The molecule has 0 saturated carbocycles. The smallest absolute Gasteiger partial charge is 0.232 e. The molecule has 0 aliphatic heterocycles. The lowest BCUT2D eigenvalue weighted by atomic mass is 10.1. The van der Waals surface area contributed by atoms with Crippen molar-refractivity contribution in [3.63, 3.8) is 0 Å². The first-order valence-corrected chi connectivity index (χ1v) is 11.6. The summed E-state index contributed by atoms with van der Waals surface area (Å²) in [5.74, 6) is 0.193. The van der Waals surface area contributed by atoms with E-state index in [-0.39, 0.29) is 23.1 Å². The van der Waals surface area contributed by atoms with Gasteiger partial charge in [-0.2, -0.15) is 4.57 Å². The van der Waals surface area contributed by atoms with Crippen LogP contribution in [0.4, 0.5) is 0 Å². The Balaban J connectivity index is 0.000000427. The molecule has 2 heterocycles. The van der Waals surface area contributed by atoms with Gasteiger partial charge in [0.2, 0.25) is 17.1 Å². The summed E-state index contributed by atoms with van der Waals surface area (Å²) in [6.07, 6.45) is 3.83. The number of nitrogens with one attached hydrogen (secondary N) is 1. The van der Waals surface area contributed by atoms with Gasteiger partial charge in [0.25, 0.3) is 0 Å². The first kappa shape index (κ1) is 27.4. The SMILES string of the molecule is CC(=O)C[n+]1ccsc1.Cc1[nH+]ccs1.Cc1cc(C)c(S(=O)(=O)[O-])c(C)c1.[Cl-]. The van der Waals surface area contributed by atoms with Crippen LogP contribution in [0.5, 0.6) is 0 Å². The lowest BCUT2D eigenvalue weighted by Crippen LogP contribution is -3.00. The number of rotatable bonds is 3. The Hall–Kier alpha value is -1.65. The van der Waals surface area contributed by atoms with E-state index in [1.54, 1.807) is 55.6 Å². The van der Waals surface area contributed by atoms with Crippen molar-refractivity contribution in [3.8, 4) is 0 Å². The number of Topliss-reactive ketones (excluding diaryl/α,β-unsaturated/α-hetero) is 1. The molecule has 3 rings (SSSR count). The molecule has 0 aliphatic carbocycles. The maximum atomic E-state index is 10.8. The monoisotopic (exact) mass is 476 g/mol. The summed E-state index contributed by atoms with van der Waals surface area (Å²) in [6.45, 7) is 9.26. The van der Waals surface area contributed by atoms with E-state index >= 15 is 0 Å². The van der Waals surface area contributed by atoms with Gasteiger partial charge in [0.05, 0.1) is 15.7 Å². The average Bonchev–Trinajstić information content (AvgIpc) is 3.19. The van der Waals surface area contributed by atoms with Crippen LogP contribution in [0, 0.1) is 27.7 Å². The molecule has 3 aromatic rings. The number of ketones is 1. The minimum Gasteiger partial charge on any atom is -1.00 e. The van der Waals surface area contributed by atoms with Crippen LogP contribution in [0.25, 0.3) is 0 Å². The van der Waals surface area contributed by atoms with Crippen molar-refractivity contribution in [2.75, 3.05) is 0 Å². The van der Waals surface area contributed by atoms with E-state index in [9.17, 15) is 17.8 Å². The van der Waals surface area contributed by atoms with E-state index in [1.165, 1.54) is 5.01 Å². The van der Waals surface area contributed by atoms with Gasteiger partial charge in [0.1, 0.15) is 10.1 Å². The van der Waals surface area contributed by atoms with Gasteiger partial charge in [0, 0.05) is 13.8 Å². The number of hydrogen-bond acceptors (Lipinski definition) is 6. The molecule has 0 atom stereocenters. The molecule has 0 amide bonds. The third-order valence-electron chi connectivity index (χ3n) is 3.39. The Morgan fingerprint density at radius 2 is 1.72 bits per heavy atom. The van der Waals surface area contributed by atoms with Crippen LogP contribution in [-0.2, 0) is 21.5 Å². The quantitative estimate of drug-likeness (QED) is 0.393. The van der Waals surface area contributed by atoms with E-state index < -0.39 is 10.1 Å². The molecular weight excluding hydrogens is 452 g/mol.